The van der Waals surface area contributed by atoms with Crippen LogP contribution >= 0.6 is 22.9 Å². The molecular formula is C8H4ClNO3S. The summed E-state index contributed by atoms with van der Waals surface area (Å²) < 4.78 is 0.448. The summed E-state index contributed by atoms with van der Waals surface area (Å²) in [6.45, 7) is 0. The first-order chi connectivity index (χ1) is 6.59. The highest BCUT2D eigenvalue weighted by atomic mass is 35.5. The van der Waals surface area contributed by atoms with Crippen LogP contribution in [0.1, 0.15) is 0 Å². The van der Waals surface area contributed by atoms with Crippen LogP contribution in [0.4, 0.5) is 5.00 Å². The summed E-state index contributed by atoms with van der Waals surface area (Å²) in [6.07, 6.45) is 0. The number of halogens is 1. The van der Waals surface area contributed by atoms with Gasteiger partial charge in [0.05, 0.1) is 9.62 Å². The molecule has 0 amide bonds. The minimum absolute atomic E-state index is 0.0162. The fourth-order valence-corrected chi connectivity index (χ4v) is 2.33. The average Bonchev–Trinajstić information content (AvgIpc) is 2.57. The minimum atomic E-state index is -0.500. The van der Waals surface area contributed by atoms with Crippen molar-refractivity contribution in [3.63, 3.8) is 0 Å². The van der Waals surface area contributed by atoms with Crippen molar-refractivity contribution in [3.8, 4) is 5.75 Å². The first kappa shape index (κ1) is 9.23. The molecule has 6 heteroatoms. The van der Waals surface area contributed by atoms with Crippen LogP contribution in [0.5, 0.6) is 5.75 Å². The number of aromatic hydroxyl groups is 1. The van der Waals surface area contributed by atoms with Gasteiger partial charge in [0.1, 0.15) is 5.75 Å². The van der Waals surface area contributed by atoms with Gasteiger partial charge in [-0.05, 0) is 12.1 Å². The first-order valence-corrected chi connectivity index (χ1v) is 4.84. The summed E-state index contributed by atoms with van der Waals surface area (Å²) in [6, 6.07) is 4.29. The van der Waals surface area contributed by atoms with Crippen LogP contribution in [0, 0.1) is 10.1 Å². The Balaban J connectivity index is 2.82. The normalized spacial score (nSPS) is 10.6. The molecule has 0 aliphatic carbocycles. The van der Waals surface area contributed by atoms with Crippen LogP contribution in [0.2, 0.25) is 5.02 Å². The molecule has 2 aromatic rings. The quantitative estimate of drug-likeness (QED) is 0.603. The molecule has 72 valence electrons. The second-order valence-electron chi connectivity index (χ2n) is 2.65. The molecule has 0 atom stereocenters. The van der Waals surface area contributed by atoms with E-state index in [1.54, 1.807) is 0 Å². The predicted molar refractivity (Wildman–Crippen MR) is 55.2 cm³/mol. The van der Waals surface area contributed by atoms with Gasteiger partial charge in [0.15, 0.2) is 0 Å². The van der Waals surface area contributed by atoms with Gasteiger partial charge >= 0.3 is 5.00 Å². The van der Waals surface area contributed by atoms with E-state index in [-0.39, 0.29) is 10.8 Å². The smallest absolute Gasteiger partial charge is 0.325 e. The molecule has 0 saturated carbocycles. The lowest BCUT2D eigenvalue weighted by Gasteiger charge is -1.94. The Hall–Kier alpha value is -1.33. The SMILES string of the molecule is O=[N+]([O-])c1cc2c(Cl)ccc(O)c2s1. The summed E-state index contributed by atoms with van der Waals surface area (Å²) in [5.41, 5.74) is 0. The fourth-order valence-electron chi connectivity index (χ4n) is 1.15. The number of benzene rings is 1. The van der Waals surface area contributed by atoms with Crippen molar-refractivity contribution in [2.75, 3.05) is 0 Å². The molecule has 4 nitrogen and oxygen atoms in total. The highest BCUT2D eigenvalue weighted by Crippen LogP contribution is 2.40. The van der Waals surface area contributed by atoms with E-state index in [4.69, 9.17) is 11.6 Å². The second kappa shape index (κ2) is 3.11. The van der Waals surface area contributed by atoms with Gasteiger partial charge in [-0.15, -0.1) is 0 Å². The van der Waals surface area contributed by atoms with Crippen molar-refractivity contribution in [2.24, 2.45) is 0 Å². The number of fused-ring (bicyclic) bond motifs is 1. The van der Waals surface area contributed by atoms with E-state index >= 15 is 0 Å². The Kier molecular flexibility index (Phi) is 2.05. The fraction of sp³-hybridized carbons (Fsp3) is 0. The van der Waals surface area contributed by atoms with Crippen molar-refractivity contribution in [2.45, 2.75) is 0 Å². The van der Waals surface area contributed by atoms with Crippen LogP contribution < -0.4 is 0 Å². The summed E-state index contributed by atoms with van der Waals surface area (Å²) >= 11 is 6.73. The largest absolute Gasteiger partial charge is 0.506 e. The summed E-state index contributed by atoms with van der Waals surface area (Å²) in [4.78, 5) is 9.98. The maximum atomic E-state index is 10.5. The molecule has 0 bridgehead atoms. The number of hydrogen-bond donors (Lipinski definition) is 1. The number of hydrogen-bond acceptors (Lipinski definition) is 4. The molecule has 0 spiro atoms. The van der Waals surface area contributed by atoms with Crippen LogP contribution in [-0.4, -0.2) is 10.0 Å². The monoisotopic (exact) mass is 229 g/mol. The van der Waals surface area contributed by atoms with E-state index in [1.807, 2.05) is 0 Å². The van der Waals surface area contributed by atoms with E-state index in [2.05, 4.69) is 0 Å². The lowest BCUT2D eigenvalue weighted by molar-refractivity contribution is -0.380. The molecule has 1 heterocycles. The summed E-state index contributed by atoms with van der Waals surface area (Å²) in [7, 11) is 0. The Morgan fingerprint density at radius 1 is 1.50 bits per heavy atom. The van der Waals surface area contributed by atoms with Gasteiger partial charge in [-0.2, -0.15) is 0 Å². The topological polar surface area (TPSA) is 63.4 Å². The number of phenolic OH excluding ortho intramolecular Hbond substituents is 1. The van der Waals surface area contributed by atoms with Crippen LogP contribution in [0.3, 0.4) is 0 Å². The molecule has 1 N–H and O–H groups in total. The molecule has 14 heavy (non-hydrogen) atoms. The molecular weight excluding hydrogens is 226 g/mol. The molecule has 1 aromatic heterocycles. The zero-order valence-electron chi connectivity index (χ0n) is 6.73. The third-order valence-electron chi connectivity index (χ3n) is 1.78. The zero-order valence-corrected chi connectivity index (χ0v) is 8.30. The number of rotatable bonds is 1. The van der Waals surface area contributed by atoms with Crippen LogP contribution in [0.25, 0.3) is 10.1 Å². The summed E-state index contributed by atoms with van der Waals surface area (Å²) in [5, 5.41) is 20.8. The molecule has 0 radical (unpaired) electrons. The van der Waals surface area contributed by atoms with E-state index in [1.165, 1.54) is 18.2 Å². The van der Waals surface area contributed by atoms with Crippen molar-refractivity contribution in [1.29, 1.82) is 0 Å². The molecule has 1 aromatic carbocycles. The van der Waals surface area contributed by atoms with E-state index in [9.17, 15) is 15.2 Å². The summed E-state index contributed by atoms with van der Waals surface area (Å²) in [5.74, 6) is 0.0162. The lowest BCUT2D eigenvalue weighted by Crippen LogP contribution is -1.80. The standard InChI is InChI=1S/C8H4ClNO3S/c9-5-1-2-6(11)8-4(5)3-7(14-8)10(12)13/h1-3,11H. The highest BCUT2D eigenvalue weighted by Gasteiger charge is 2.15. The Morgan fingerprint density at radius 3 is 2.79 bits per heavy atom. The number of nitrogens with zero attached hydrogens (tertiary/aromatic N) is 1. The third kappa shape index (κ3) is 1.30. The van der Waals surface area contributed by atoms with Gasteiger partial charge in [-0.1, -0.05) is 22.9 Å². The molecule has 0 aliphatic heterocycles. The minimum Gasteiger partial charge on any atom is -0.506 e. The molecule has 0 unspecified atom stereocenters. The molecule has 0 saturated heterocycles. The van der Waals surface area contributed by atoms with E-state index < -0.39 is 4.92 Å². The van der Waals surface area contributed by atoms with Crippen LogP contribution in [0.15, 0.2) is 18.2 Å². The average molecular weight is 230 g/mol. The van der Waals surface area contributed by atoms with Gasteiger partial charge in [0, 0.05) is 16.5 Å². The zero-order chi connectivity index (χ0) is 10.3. The number of nitro groups is 1. The maximum Gasteiger partial charge on any atom is 0.325 e. The predicted octanol–water partition coefficient (Wildman–Crippen LogP) is 3.17. The Labute approximate surface area is 87.5 Å². The first-order valence-electron chi connectivity index (χ1n) is 3.65. The van der Waals surface area contributed by atoms with Gasteiger partial charge in [-0.25, -0.2) is 0 Å². The van der Waals surface area contributed by atoms with Gasteiger partial charge in [0.2, 0.25) is 0 Å². The van der Waals surface area contributed by atoms with Gasteiger partial charge in [-0.3, -0.25) is 10.1 Å². The molecule has 2 rings (SSSR count). The van der Waals surface area contributed by atoms with E-state index in [0.717, 1.165) is 11.3 Å². The highest BCUT2D eigenvalue weighted by molar-refractivity contribution is 7.22. The number of phenols is 1. The second-order valence-corrected chi connectivity index (χ2v) is 4.09. The Bertz CT molecular complexity index is 484. The van der Waals surface area contributed by atoms with Crippen LogP contribution in [-0.2, 0) is 0 Å². The van der Waals surface area contributed by atoms with Crippen molar-refractivity contribution in [3.05, 3.63) is 33.3 Å². The molecule has 0 fully saturated rings. The Morgan fingerprint density at radius 2 is 2.21 bits per heavy atom. The van der Waals surface area contributed by atoms with Crippen molar-refractivity contribution >= 4 is 38.0 Å². The molecule has 0 aliphatic rings. The van der Waals surface area contributed by atoms with E-state index in [0.29, 0.717) is 15.1 Å². The van der Waals surface area contributed by atoms with Gasteiger partial charge < -0.3 is 5.11 Å². The lowest BCUT2D eigenvalue weighted by atomic mass is 10.2. The number of thiophene rings is 1. The third-order valence-corrected chi connectivity index (χ3v) is 3.22. The van der Waals surface area contributed by atoms with Crippen molar-refractivity contribution < 1.29 is 10.0 Å². The van der Waals surface area contributed by atoms with Gasteiger partial charge in [0.25, 0.3) is 0 Å². The maximum absolute atomic E-state index is 10.5. The van der Waals surface area contributed by atoms with Crippen molar-refractivity contribution in [1.82, 2.24) is 0 Å².